The lowest BCUT2D eigenvalue weighted by Crippen LogP contribution is -2.26. The van der Waals surface area contributed by atoms with Crippen molar-refractivity contribution in [1.82, 2.24) is 14.5 Å². The predicted molar refractivity (Wildman–Crippen MR) is 142 cm³/mol. The normalized spacial score (nSPS) is 19.4. The summed E-state index contributed by atoms with van der Waals surface area (Å²) in [5, 5.41) is 5.03. The molecule has 0 amide bonds. The van der Waals surface area contributed by atoms with E-state index in [0.717, 1.165) is 41.7 Å². The zero-order valence-corrected chi connectivity index (χ0v) is 21.9. The zero-order valence-electron chi connectivity index (χ0n) is 19.7. The van der Waals surface area contributed by atoms with E-state index in [1.165, 1.54) is 0 Å². The SMILES string of the molecule is CCOC(CN=C(N)[C@@H]1CC[C@H](n2cnc3c(NCc4cc(Cl)ccc4Cl)cc(Cl)nc32)C1)OC. The number of hydrogen-bond donors (Lipinski definition) is 2. The van der Waals surface area contributed by atoms with E-state index in [-0.39, 0.29) is 18.2 Å². The van der Waals surface area contributed by atoms with Crippen LogP contribution >= 0.6 is 34.8 Å². The summed E-state index contributed by atoms with van der Waals surface area (Å²) >= 11 is 18.8. The first-order chi connectivity index (χ1) is 16.9. The van der Waals surface area contributed by atoms with Gasteiger partial charge in [0.25, 0.3) is 0 Å². The van der Waals surface area contributed by atoms with Crippen molar-refractivity contribution in [3.05, 3.63) is 51.4 Å². The molecule has 1 saturated carbocycles. The van der Waals surface area contributed by atoms with E-state index in [4.69, 9.17) is 50.0 Å². The largest absolute Gasteiger partial charge is 0.387 e. The molecular formula is C24H29Cl3N6O2. The van der Waals surface area contributed by atoms with E-state index in [9.17, 15) is 0 Å². The summed E-state index contributed by atoms with van der Waals surface area (Å²) in [4.78, 5) is 13.7. The Morgan fingerprint density at radius 2 is 2.11 bits per heavy atom. The van der Waals surface area contributed by atoms with Gasteiger partial charge >= 0.3 is 0 Å². The Hall–Kier alpha value is -2.10. The van der Waals surface area contributed by atoms with Crippen LogP contribution in [0.1, 0.15) is 37.8 Å². The van der Waals surface area contributed by atoms with Gasteiger partial charge in [-0.2, -0.15) is 0 Å². The van der Waals surface area contributed by atoms with Crippen molar-refractivity contribution in [3.63, 3.8) is 0 Å². The fourth-order valence-corrected chi connectivity index (χ4v) is 4.98. The molecule has 1 aliphatic carbocycles. The molecule has 3 N–H and O–H groups in total. The minimum atomic E-state index is -0.382. The van der Waals surface area contributed by atoms with Crippen LogP contribution in [0.3, 0.4) is 0 Å². The number of fused-ring (bicyclic) bond motifs is 1. The summed E-state index contributed by atoms with van der Waals surface area (Å²) in [7, 11) is 1.60. The molecule has 2 aromatic heterocycles. The highest BCUT2D eigenvalue weighted by Gasteiger charge is 2.30. The minimum Gasteiger partial charge on any atom is -0.387 e. The summed E-state index contributed by atoms with van der Waals surface area (Å²) in [5.41, 5.74) is 9.46. The molecule has 1 aromatic carbocycles. The average Bonchev–Trinajstić information content (AvgIpc) is 3.49. The summed E-state index contributed by atoms with van der Waals surface area (Å²) in [6, 6.07) is 7.35. The van der Waals surface area contributed by atoms with Crippen LogP contribution in [0.15, 0.2) is 35.6 Å². The minimum absolute atomic E-state index is 0.179. The number of amidine groups is 1. The van der Waals surface area contributed by atoms with Crippen LogP contribution < -0.4 is 11.1 Å². The zero-order chi connectivity index (χ0) is 24.9. The molecule has 4 rings (SSSR count). The van der Waals surface area contributed by atoms with Crippen molar-refractivity contribution < 1.29 is 9.47 Å². The van der Waals surface area contributed by atoms with Gasteiger partial charge in [0.15, 0.2) is 11.9 Å². The quantitative estimate of drug-likeness (QED) is 0.148. The molecular weight excluding hydrogens is 511 g/mol. The van der Waals surface area contributed by atoms with Crippen LogP contribution in [-0.4, -0.2) is 46.9 Å². The van der Waals surface area contributed by atoms with Crippen LogP contribution in [0.5, 0.6) is 0 Å². The first-order valence-electron chi connectivity index (χ1n) is 11.5. The van der Waals surface area contributed by atoms with Gasteiger partial charge in [0.2, 0.25) is 0 Å². The number of hydrogen-bond acceptors (Lipinski definition) is 6. The third kappa shape index (κ3) is 6.19. The van der Waals surface area contributed by atoms with Crippen LogP contribution in [0.4, 0.5) is 5.69 Å². The molecule has 0 bridgehead atoms. The third-order valence-electron chi connectivity index (χ3n) is 6.23. The number of nitrogens with zero attached hydrogens (tertiary/aromatic N) is 4. The summed E-state index contributed by atoms with van der Waals surface area (Å²) in [6.45, 7) is 3.34. The second-order valence-electron chi connectivity index (χ2n) is 8.46. The van der Waals surface area contributed by atoms with Gasteiger partial charge in [0.1, 0.15) is 10.7 Å². The van der Waals surface area contributed by atoms with Crippen molar-refractivity contribution >= 4 is 57.5 Å². The first kappa shape index (κ1) is 26.0. The van der Waals surface area contributed by atoms with Gasteiger partial charge in [-0.05, 0) is 49.9 Å². The van der Waals surface area contributed by atoms with Gasteiger partial charge in [0.05, 0.1) is 24.4 Å². The van der Waals surface area contributed by atoms with Crippen molar-refractivity contribution in [1.29, 1.82) is 0 Å². The maximum absolute atomic E-state index is 6.38. The van der Waals surface area contributed by atoms with Crippen molar-refractivity contribution in [2.75, 3.05) is 25.6 Å². The maximum Gasteiger partial charge on any atom is 0.176 e. The van der Waals surface area contributed by atoms with Gasteiger partial charge in [-0.1, -0.05) is 34.8 Å². The number of nitrogens with one attached hydrogen (secondary N) is 1. The predicted octanol–water partition coefficient (Wildman–Crippen LogP) is 5.71. The molecule has 8 nitrogen and oxygen atoms in total. The monoisotopic (exact) mass is 538 g/mol. The smallest absolute Gasteiger partial charge is 0.176 e. The number of aliphatic imine (C=N–C) groups is 1. The van der Waals surface area contributed by atoms with Crippen molar-refractivity contribution in [3.8, 4) is 0 Å². The molecule has 35 heavy (non-hydrogen) atoms. The lowest BCUT2D eigenvalue weighted by atomic mass is 10.1. The van der Waals surface area contributed by atoms with E-state index in [2.05, 4.69) is 24.8 Å². The van der Waals surface area contributed by atoms with E-state index in [0.29, 0.717) is 40.7 Å². The molecule has 2 heterocycles. The average molecular weight is 540 g/mol. The second-order valence-corrected chi connectivity index (χ2v) is 9.69. The molecule has 188 valence electrons. The molecule has 3 aromatic rings. The van der Waals surface area contributed by atoms with E-state index < -0.39 is 0 Å². The molecule has 1 fully saturated rings. The summed E-state index contributed by atoms with van der Waals surface area (Å²) in [5.74, 6) is 0.809. The Balaban J connectivity index is 1.49. The van der Waals surface area contributed by atoms with Crippen molar-refractivity contribution in [2.45, 2.75) is 45.1 Å². The molecule has 0 radical (unpaired) electrons. The maximum atomic E-state index is 6.38. The number of methoxy groups -OCH3 is 1. The Morgan fingerprint density at radius 1 is 1.29 bits per heavy atom. The topological polar surface area (TPSA) is 99.6 Å². The number of nitrogens with two attached hydrogens (primary N) is 1. The van der Waals surface area contributed by atoms with Gasteiger partial charge in [0, 0.05) is 48.3 Å². The van der Waals surface area contributed by atoms with Crippen LogP contribution in [0.2, 0.25) is 15.2 Å². The van der Waals surface area contributed by atoms with Crippen LogP contribution in [0.25, 0.3) is 11.2 Å². The highest BCUT2D eigenvalue weighted by molar-refractivity contribution is 6.33. The van der Waals surface area contributed by atoms with Crippen LogP contribution in [0, 0.1) is 5.92 Å². The highest BCUT2D eigenvalue weighted by atomic mass is 35.5. The number of imidazole rings is 1. The Labute approximate surface area is 219 Å². The third-order valence-corrected chi connectivity index (χ3v) is 7.03. The molecule has 0 spiro atoms. The molecule has 1 aliphatic rings. The lowest BCUT2D eigenvalue weighted by molar-refractivity contribution is -0.112. The summed E-state index contributed by atoms with van der Waals surface area (Å²) in [6.07, 6.45) is 4.17. The fraction of sp³-hybridized carbons (Fsp3) is 0.458. The molecule has 0 aliphatic heterocycles. The van der Waals surface area contributed by atoms with Gasteiger partial charge in [-0.15, -0.1) is 0 Å². The number of anilines is 1. The van der Waals surface area contributed by atoms with E-state index in [1.54, 1.807) is 25.3 Å². The van der Waals surface area contributed by atoms with Gasteiger partial charge < -0.3 is 25.1 Å². The van der Waals surface area contributed by atoms with Crippen LogP contribution in [-0.2, 0) is 16.0 Å². The molecule has 11 heteroatoms. The first-order valence-corrected chi connectivity index (χ1v) is 12.7. The van der Waals surface area contributed by atoms with Gasteiger partial charge in [-0.25, -0.2) is 9.97 Å². The summed E-state index contributed by atoms with van der Waals surface area (Å²) < 4.78 is 12.8. The van der Waals surface area contributed by atoms with Crippen molar-refractivity contribution in [2.24, 2.45) is 16.6 Å². The van der Waals surface area contributed by atoms with E-state index >= 15 is 0 Å². The lowest BCUT2D eigenvalue weighted by Gasteiger charge is -2.16. The second kappa shape index (κ2) is 11.8. The Bertz CT molecular complexity index is 1200. The number of benzene rings is 1. The number of pyridine rings is 1. The number of ether oxygens (including phenoxy) is 2. The molecule has 1 unspecified atom stereocenters. The molecule has 3 atom stereocenters. The highest BCUT2D eigenvalue weighted by Crippen LogP contribution is 2.37. The molecule has 0 saturated heterocycles. The standard InChI is InChI=1S/C24H29Cl3N6O2/c1-3-35-21(34-2)12-30-23(28)14-4-6-17(9-14)33-13-31-22-19(10-20(27)32-24(22)33)29-11-15-8-16(25)5-7-18(15)26/h5,7-8,10,13-14,17,21H,3-4,6,9,11-12H2,1-2H3,(H2,28,30)(H,29,32)/t14-,17+,21?/m1/s1. The van der Waals surface area contributed by atoms with Gasteiger partial charge in [-0.3, -0.25) is 4.99 Å². The van der Waals surface area contributed by atoms with E-state index in [1.807, 2.05) is 19.3 Å². The Kier molecular flexibility index (Phi) is 8.73. The number of halogens is 3. The number of aromatic nitrogens is 3. The fourth-order valence-electron chi connectivity index (χ4n) is 4.42. The Morgan fingerprint density at radius 3 is 2.89 bits per heavy atom. The number of rotatable bonds is 10.